The van der Waals surface area contributed by atoms with E-state index < -0.39 is 0 Å². The number of fused-ring (bicyclic) bond motifs is 1. The Kier molecular flexibility index (Phi) is 2.49. The van der Waals surface area contributed by atoms with E-state index in [0.29, 0.717) is 0 Å². The molecule has 1 aromatic carbocycles. The lowest BCUT2D eigenvalue weighted by Gasteiger charge is -2.00. The second kappa shape index (κ2) is 3.45. The van der Waals surface area contributed by atoms with Gasteiger partial charge in [-0.2, -0.15) is 0 Å². The summed E-state index contributed by atoms with van der Waals surface area (Å²) in [6.07, 6.45) is 3.80. The molecule has 12 heavy (non-hydrogen) atoms. The van der Waals surface area contributed by atoms with Crippen LogP contribution in [0, 0.1) is 7.14 Å². The maximum Gasteiger partial charge on any atom is 0.0408 e. The largest absolute Gasteiger partial charge is 0.263 e. The first kappa shape index (κ1) is 8.68. The van der Waals surface area contributed by atoms with Gasteiger partial charge in [-0.25, -0.2) is 0 Å². The molecule has 60 valence electrons. The van der Waals surface area contributed by atoms with Crippen LogP contribution in [0.4, 0.5) is 0 Å². The van der Waals surface area contributed by atoms with Crippen LogP contribution in [0.15, 0.2) is 30.6 Å². The number of aromatic nitrogens is 1. The van der Waals surface area contributed by atoms with Gasteiger partial charge in [-0.15, -0.1) is 0 Å². The van der Waals surface area contributed by atoms with E-state index in [1.165, 1.54) is 17.9 Å². The molecule has 3 heteroatoms. The number of nitrogens with zero attached hydrogens (tertiary/aromatic N) is 1. The number of rotatable bonds is 0. The topological polar surface area (TPSA) is 12.9 Å². The van der Waals surface area contributed by atoms with Crippen LogP contribution in [0.5, 0.6) is 0 Å². The molecule has 0 amide bonds. The van der Waals surface area contributed by atoms with Crippen molar-refractivity contribution in [1.82, 2.24) is 4.98 Å². The normalized spacial score (nSPS) is 10.5. The minimum absolute atomic E-state index is 1.21. The summed E-state index contributed by atoms with van der Waals surface area (Å²) in [5.74, 6) is 0. The van der Waals surface area contributed by atoms with Gasteiger partial charge in [0.05, 0.1) is 0 Å². The molecule has 0 radical (unpaired) electrons. The molecule has 0 N–H and O–H groups in total. The molecule has 0 unspecified atom stereocenters. The summed E-state index contributed by atoms with van der Waals surface area (Å²) < 4.78 is 2.47. The van der Waals surface area contributed by atoms with Gasteiger partial charge < -0.3 is 0 Å². The van der Waals surface area contributed by atoms with E-state index in [9.17, 15) is 0 Å². The smallest absolute Gasteiger partial charge is 0.0408 e. The molecule has 0 spiro atoms. The van der Waals surface area contributed by atoms with Gasteiger partial charge >= 0.3 is 0 Å². The Bertz CT molecular complexity index is 385. The monoisotopic (exact) mass is 381 g/mol. The van der Waals surface area contributed by atoms with E-state index in [0.717, 1.165) is 0 Å². The van der Waals surface area contributed by atoms with Crippen molar-refractivity contribution in [3.8, 4) is 0 Å². The van der Waals surface area contributed by atoms with Crippen LogP contribution in [0.3, 0.4) is 0 Å². The van der Waals surface area contributed by atoms with Crippen molar-refractivity contribution in [1.29, 1.82) is 0 Å². The van der Waals surface area contributed by atoms with Gasteiger partial charge in [0.15, 0.2) is 0 Å². The van der Waals surface area contributed by atoms with Gasteiger partial charge in [0.2, 0.25) is 0 Å². The van der Waals surface area contributed by atoms with Crippen LogP contribution in [0.25, 0.3) is 10.8 Å². The lowest BCUT2D eigenvalue weighted by molar-refractivity contribution is 1.34. The first-order valence-electron chi connectivity index (χ1n) is 3.47. The first-order valence-corrected chi connectivity index (χ1v) is 5.62. The minimum atomic E-state index is 1.21. The zero-order chi connectivity index (χ0) is 8.55. The molecule has 0 bridgehead atoms. The third-order valence-corrected chi connectivity index (χ3v) is 3.50. The molecule has 2 rings (SSSR count). The molecule has 0 atom stereocenters. The van der Waals surface area contributed by atoms with Crippen LogP contribution in [-0.4, -0.2) is 4.98 Å². The quantitative estimate of drug-likeness (QED) is 0.638. The Morgan fingerprint density at radius 2 is 1.75 bits per heavy atom. The number of hydrogen-bond acceptors (Lipinski definition) is 1. The lowest BCUT2D eigenvalue weighted by Crippen LogP contribution is -1.82. The first-order chi connectivity index (χ1) is 5.79. The Hall–Kier alpha value is 0.0900. The van der Waals surface area contributed by atoms with Crippen molar-refractivity contribution >= 4 is 56.0 Å². The molecular weight excluding hydrogens is 376 g/mol. The van der Waals surface area contributed by atoms with Crippen LogP contribution in [-0.2, 0) is 0 Å². The van der Waals surface area contributed by atoms with Gasteiger partial charge in [-0.3, -0.25) is 4.98 Å². The van der Waals surface area contributed by atoms with Crippen LogP contribution < -0.4 is 0 Å². The van der Waals surface area contributed by atoms with E-state index in [1.807, 2.05) is 12.4 Å². The summed E-state index contributed by atoms with van der Waals surface area (Å²) in [5.41, 5.74) is 0. The average molecular weight is 381 g/mol. The molecular formula is C9H5I2N. The van der Waals surface area contributed by atoms with Crippen molar-refractivity contribution in [3.63, 3.8) is 0 Å². The third-order valence-electron chi connectivity index (χ3n) is 1.70. The molecule has 0 aliphatic carbocycles. The predicted molar refractivity (Wildman–Crippen MR) is 67.2 cm³/mol. The fourth-order valence-corrected chi connectivity index (χ4v) is 2.39. The van der Waals surface area contributed by atoms with Crippen molar-refractivity contribution in [2.24, 2.45) is 0 Å². The van der Waals surface area contributed by atoms with Crippen molar-refractivity contribution in [2.75, 3.05) is 0 Å². The summed E-state index contributed by atoms with van der Waals surface area (Å²) in [6, 6.07) is 6.30. The highest BCUT2D eigenvalue weighted by Gasteiger charge is 2.00. The molecule has 0 saturated heterocycles. The number of hydrogen-bond donors (Lipinski definition) is 0. The second-order valence-corrected chi connectivity index (χ2v) is 4.78. The Morgan fingerprint density at radius 3 is 2.50 bits per heavy atom. The van der Waals surface area contributed by atoms with Gasteiger partial charge in [0, 0.05) is 24.9 Å². The Morgan fingerprint density at radius 1 is 0.917 bits per heavy atom. The molecule has 0 aliphatic heterocycles. The summed E-state index contributed by atoms with van der Waals surface area (Å²) in [4.78, 5) is 4.16. The second-order valence-electron chi connectivity index (χ2n) is 2.46. The molecule has 1 nitrogen and oxygen atoms in total. The van der Waals surface area contributed by atoms with Crippen LogP contribution in [0.1, 0.15) is 0 Å². The highest BCUT2D eigenvalue weighted by molar-refractivity contribution is 14.1. The van der Waals surface area contributed by atoms with Gasteiger partial charge in [-0.05, 0) is 56.6 Å². The number of pyridine rings is 1. The van der Waals surface area contributed by atoms with Crippen LogP contribution >= 0.6 is 45.2 Å². The van der Waals surface area contributed by atoms with E-state index in [1.54, 1.807) is 0 Å². The van der Waals surface area contributed by atoms with E-state index >= 15 is 0 Å². The molecule has 0 saturated carbocycles. The van der Waals surface area contributed by atoms with Gasteiger partial charge in [0.1, 0.15) is 0 Å². The van der Waals surface area contributed by atoms with Crippen molar-refractivity contribution in [3.05, 3.63) is 37.7 Å². The lowest BCUT2D eigenvalue weighted by atomic mass is 10.2. The van der Waals surface area contributed by atoms with Gasteiger partial charge in [-0.1, -0.05) is 12.1 Å². The van der Waals surface area contributed by atoms with Crippen LogP contribution in [0.2, 0.25) is 0 Å². The summed E-state index contributed by atoms with van der Waals surface area (Å²) >= 11 is 4.64. The zero-order valence-electron chi connectivity index (χ0n) is 6.09. The summed E-state index contributed by atoms with van der Waals surface area (Å²) in [7, 11) is 0. The highest BCUT2D eigenvalue weighted by atomic mass is 127. The van der Waals surface area contributed by atoms with Gasteiger partial charge in [0.25, 0.3) is 0 Å². The zero-order valence-corrected chi connectivity index (χ0v) is 10.4. The fraction of sp³-hybridized carbons (Fsp3) is 0. The molecule has 1 heterocycles. The molecule has 0 aliphatic rings. The van der Waals surface area contributed by atoms with Crippen molar-refractivity contribution < 1.29 is 0 Å². The average Bonchev–Trinajstić information content (AvgIpc) is 2.07. The standard InChI is InChI=1S/C9H5I2N/c10-8-3-1-2-6-7(8)4-12-5-9(6)11/h1-5H. The summed E-state index contributed by atoms with van der Waals surface area (Å²) in [6.45, 7) is 0. The maximum atomic E-state index is 4.16. The Labute approximate surface area is 97.9 Å². The Balaban J connectivity index is 2.94. The predicted octanol–water partition coefficient (Wildman–Crippen LogP) is 3.44. The SMILES string of the molecule is Ic1cncc2c(I)cccc12. The third kappa shape index (κ3) is 1.44. The van der Waals surface area contributed by atoms with E-state index in [4.69, 9.17) is 0 Å². The van der Waals surface area contributed by atoms with Crippen molar-refractivity contribution in [2.45, 2.75) is 0 Å². The molecule has 0 fully saturated rings. The van der Waals surface area contributed by atoms with E-state index in [2.05, 4.69) is 68.4 Å². The number of halogens is 2. The maximum absolute atomic E-state index is 4.16. The molecule has 1 aromatic heterocycles. The molecule has 2 aromatic rings. The van der Waals surface area contributed by atoms with E-state index in [-0.39, 0.29) is 0 Å². The number of benzene rings is 1. The fourth-order valence-electron chi connectivity index (χ4n) is 1.12. The summed E-state index contributed by atoms with van der Waals surface area (Å²) in [5, 5.41) is 2.53. The highest BCUT2D eigenvalue weighted by Crippen LogP contribution is 2.23. The minimum Gasteiger partial charge on any atom is -0.263 e.